The van der Waals surface area contributed by atoms with E-state index in [9.17, 15) is 4.79 Å². The highest BCUT2D eigenvalue weighted by Crippen LogP contribution is 2.03. The van der Waals surface area contributed by atoms with Gasteiger partial charge in [0, 0.05) is 6.08 Å². The van der Waals surface area contributed by atoms with E-state index in [1.165, 1.54) is 6.08 Å². The highest BCUT2D eigenvalue weighted by atomic mass is 16.7. The number of rotatable bonds is 4. The fourth-order valence-corrected chi connectivity index (χ4v) is 0.648. The molecule has 0 aliphatic carbocycles. The normalized spacial score (nSPS) is 10.9. The monoisotopic (exact) mass is 157 g/mol. The quantitative estimate of drug-likeness (QED) is 0.495. The molecular weight excluding hydrogens is 142 g/mol. The van der Waals surface area contributed by atoms with Crippen molar-refractivity contribution in [3.63, 3.8) is 0 Å². The lowest BCUT2D eigenvalue weighted by atomic mass is 10.1. The van der Waals surface area contributed by atoms with Gasteiger partial charge in [0.1, 0.15) is 0 Å². The van der Waals surface area contributed by atoms with Crippen LogP contribution in [-0.4, -0.2) is 5.97 Å². The van der Waals surface area contributed by atoms with Crippen LogP contribution in [0.25, 0.3) is 0 Å². The van der Waals surface area contributed by atoms with Crippen LogP contribution in [0.3, 0.4) is 0 Å². The SMILES string of the molecule is CC(C)CCC=CC(=O)ON. The lowest BCUT2D eigenvalue weighted by Crippen LogP contribution is -2.05. The first-order chi connectivity index (χ1) is 5.16. The molecule has 3 heteroatoms. The van der Waals surface area contributed by atoms with Gasteiger partial charge in [-0.05, 0) is 18.8 Å². The van der Waals surface area contributed by atoms with E-state index < -0.39 is 5.97 Å². The summed E-state index contributed by atoms with van der Waals surface area (Å²) in [5, 5.41) is 0. The largest absolute Gasteiger partial charge is 0.370 e. The van der Waals surface area contributed by atoms with E-state index in [1.54, 1.807) is 6.08 Å². The predicted octanol–water partition coefficient (Wildman–Crippen LogP) is 1.40. The first-order valence-electron chi connectivity index (χ1n) is 3.74. The van der Waals surface area contributed by atoms with E-state index >= 15 is 0 Å². The van der Waals surface area contributed by atoms with E-state index in [4.69, 9.17) is 0 Å². The highest BCUT2D eigenvalue weighted by Gasteiger charge is 1.92. The van der Waals surface area contributed by atoms with Crippen LogP contribution in [0.4, 0.5) is 0 Å². The van der Waals surface area contributed by atoms with Crippen molar-refractivity contribution in [2.24, 2.45) is 11.8 Å². The maximum Gasteiger partial charge on any atom is 0.348 e. The Morgan fingerprint density at radius 3 is 2.73 bits per heavy atom. The molecule has 0 atom stereocenters. The molecule has 0 bridgehead atoms. The average molecular weight is 157 g/mol. The first kappa shape index (κ1) is 10.2. The van der Waals surface area contributed by atoms with Gasteiger partial charge in [-0.3, -0.25) is 0 Å². The van der Waals surface area contributed by atoms with Crippen molar-refractivity contribution in [1.82, 2.24) is 0 Å². The third-order valence-electron chi connectivity index (χ3n) is 1.28. The highest BCUT2D eigenvalue weighted by molar-refractivity contribution is 5.81. The molecule has 0 amide bonds. The van der Waals surface area contributed by atoms with Gasteiger partial charge in [-0.2, -0.15) is 5.90 Å². The molecule has 0 unspecified atom stereocenters. The van der Waals surface area contributed by atoms with Crippen LogP contribution in [-0.2, 0) is 9.63 Å². The second kappa shape index (κ2) is 5.92. The van der Waals surface area contributed by atoms with Gasteiger partial charge in [0.25, 0.3) is 0 Å². The molecule has 2 N–H and O–H groups in total. The summed E-state index contributed by atoms with van der Waals surface area (Å²) in [4.78, 5) is 14.4. The minimum Gasteiger partial charge on any atom is -0.370 e. The van der Waals surface area contributed by atoms with Crippen LogP contribution >= 0.6 is 0 Å². The summed E-state index contributed by atoms with van der Waals surface area (Å²) >= 11 is 0. The van der Waals surface area contributed by atoms with Gasteiger partial charge in [-0.1, -0.05) is 19.9 Å². The fraction of sp³-hybridized carbons (Fsp3) is 0.625. The van der Waals surface area contributed by atoms with E-state index in [1.807, 2.05) is 0 Å². The molecule has 64 valence electrons. The molecule has 0 aliphatic rings. The number of carbonyl (C=O) groups is 1. The first-order valence-corrected chi connectivity index (χ1v) is 3.74. The van der Waals surface area contributed by atoms with Crippen molar-refractivity contribution < 1.29 is 9.63 Å². The van der Waals surface area contributed by atoms with E-state index in [2.05, 4.69) is 24.6 Å². The number of carbonyl (C=O) groups excluding carboxylic acids is 1. The van der Waals surface area contributed by atoms with Crippen molar-refractivity contribution in [1.29, 1.82) is 0 Å². The Bertz CT molecular complexity index is 141. The molecule has 0 aromatic heterocycles. The molecule has 0 fully saturated rings. The van der Waals surface area contributed by atoms with Gasteiger partial charge in [0.2, 0.25) is 0 Å². The zero-order valence-electron chi connectivity index (χ0n) is 7.04. The molecule has 0 aromatic rings. The molecule has 0 aliphatic heterocycles. The van der Waals surface area contributed by atoms with Crippen molar-refractivity contribution in [3.05, 3.63) is 12.2 Å². The van der Waals surface area contributed by atoms with Gasteiger partial charge < -0.3 is 4.84 Å². The van der Waals surface area contributed by atoms with E-state index in [-0.39, 0.29) is 0 Å². The number of nitrogens with two attached hydrogens (primary N) is 1. The third-order valence-corrected chi connectivity index (χ3v) is 1.28. The minimum atomic E-state index is -0.492. The summed E-state index contributed by atoms with van der Waals surface area (Å²) in [6.07, 6.45) is 5.10. The lowest BCUT2D eigenvalue weighted by molar-refractivity contribution is -0.138. The Hall–Kier alpha value is -0.830. The van der Waals surface area contributed by atoms with E-state index in [0.29, 0.717) is 5.92 Å². The Balaban J connectivity index is 3.37. The molecule has 0 saturated heterocycles. The second-order valence-electron chi connectivity index (χ2n) is 2.81. The van der Waals surface area contributed by atoms with Crippen molar-refractivity contribution in [2.75, 3.05) is 0 Å². The topological polar surface area (TPSA) is 52.3 Å². The summed E-state index contributed by atoms with van der Waals surface area (Å²) < 4.78 is 0. The molecule has 0 heterocycles. The fourth-order valence-electron chi connectivity index (χ4n) is 0.648. The molecule has 0 spiro atoms. The van der Waals surface area contributed by atoms with Gasteiger partial charge in [-0.25, -0.2) is 4.79 Å². The summed E-state index contributed by atoms with van der Waals surface area (Å²) in [6, 6.07) is 0. The third kappa shape index (κ3) is 7.06. The summed E-state index contributed by atoms with van der Waals surface area (Å²) in [5.74, 6) is 4.78. The summed E-state index contributed by atoms with van der Waals surface area (Å²) in [7, 11) is 0. The van der Waals surface area contributed by atoms with Crippen LogP contribution in [0, 0.1) is 5.92 Å². The van der Waals surface area contributed by atoms with Crippen LogP contribution < -0.4 is 5.90 Å². The Kier molecular flexibility index (Phi) is 5.47. The number of hydrogen-bond acceptors (Lipinski definition) is 3. The van der Waals surface area contributed by atoms with Crippen molar-refractivity contribution >= 4 is 5.97 Å². The van der Waals surface area contributed by atoms with Crippen LogP contribution in [0.15, 0.2) is 12.2 Å². The smallest absolute Gasteiger partial charge is 0.348 e. The molecule has 3 nitrogen and oxygen atoms in total. The average Bonchev–Trinajstić information content (AvgIpc) is 1.97. The summed E-state index contributed by atoms with van der Waals surface area (Å²) in [5.41, 5.74) is 0. The Morgan fingerprint density at radius 1 is 1.64 bits per heavy atom. The maximum atomic E-state index is 10.4. The molecule has 0 rings (SSSR count). The molecule has 0 saturated carbocycles. The van der Waals surface area contributed by atoms with Crippen LogP contribution in [0.1, 0.15) is 26.7 Å². The van der Waals surface area contributed by atoms with Gasteiger partial charge >= 0.3 is 5.97 Å². The molecule has 0 aromatic carbocycles. The molecule has 0 radical (unpaired) electrons. The maximum absolute atomic E-state index is 10.4. The zero-order valence-corrected chi connectivity index (χ0v) is 7.04. The summed E-state index contributed by atoms with van der Waals surface area (Å²) in [6.45, 7) is 4.27. The van der Waals surface area contributed by atoms with Crippen molar-refractivity contribution in [3.8, 4) is 0 Å². The van der Waals surface area contributed by atoms with Gasteiger partial charge in [0.05, 0.1) is 0 Å². The zero-order chi connectivity index (χ0) is 8.69. The standard InChI is InChI=1S/C8H15NO2/c1-7(2)5-3-4-6-8(10)11-9/h4,6-7H,3,5,9H2,1-2H3. The van der Waals surface area contributed by atoms with Crippen molar-refractivity contribution in [2.45, 2.75) is 26.7 Å². The number of hydrogen-bond donors (Lipinski definition) is 1. The van der Waals surface area contributed by atoms with Gasteiger partial charge in [0.15, 0.2) is 0 Å². The minimum absolute atomic E-state index is 0.492. The number of allylic oxidation sites excluding steroid dienone is 1. The van der Waals surface area contributed by atoms with Crippen LogP contribution in [0.2, 0.25) is 0 Å². The molecular formula is C8H15NO2. The van der Waals surface area contributed by atoms with E-state index in [0.717, 1.165) is 12.8 Å². The van der Waals surface area contributed by atoms with Gasteiger partial charge in [-0.15, -0.1) is 0 Å². The Morgan fingerprint density at radius 2 is 2.27 bits per heavy atom. The Labute approximate surface area is 67.2 Å². The molecule has 11 heavy (non-hydrogen) atoms. The lowest BCUT2D eigenvalue weighted by Gasteiger charge is -1.98. The second-order valence-corrected chi connectivity index (χ2v) is 2.81. The predicted molar refractivity (Wildman–Crippen MR) is 43.5 cm³/mol. The van der Waals surface area contributed by atoms with Crippen LogP contribution in [0.5, 0.6) is 0 Å².